The highest BCUT2D eigenvalue weighted by Gasteiger charge is 2.46. The van der Waals surface area contributed by atoms with Crippen LogP contribution in [0.2, 0.25) is 0 Å². The molecule has 8 atom stereocenters. The largest absolute Gasteiger partial charge is 0.463 e. The van der Waals surface area contributed by atoms with Crippen molar-refractivity contribution in [2.24, 2.45) is 22.9 Å². The molecule has 0 aliphatic carbocycles. The zero-order valence-corrected chi connectivity index (χ0v) is 27.0. The highest BCUT2D eigenvalue weighted by atomic mass is 16.8. The van der Waals surface area contributed by atoms with Crippen LogP contribution in [0.4, 0.5) is 0 Å². The molecule has 0 radical (unpaired) electrons. The molecular formula is C32H59N3O6. The normalized spacial score (nSPS) is 30.1. The van der Waals surface area contributed by atoms with E-state index in [1.54, 1.807) is 0 Å². The predicted octanol–water partition coefficient (Wildman–Crippen LogP) is 8.49. The van der Waals surface area contributed by atoms with E-state index in [1.807, 2.05) is 13.8 Å². The third kappa shape index (κ3) is 12.8. The van der Waals surface area contributed by atoms with Gasteiger partial charge in [-0.25, -0.2) is 0 Å². The summed E-state index contributed by atoms with van der Waals surface area (Å²) in [6, 6.07) is -0.540. The van der Waals surface area contributed by atoms with Crippen molar-refractivity contribution in [1.29, 1.82) is 0 Å². The van der Waals surface area contributed by atoms with Crippen molar-refractivity contribution < 1.29 is 28.5 Å². The van der Waals surface area contributed by atoms with E-state index in [9.17, 15) is 10.3 Å². The summed E-state index contributed by atoms with van der Waals surface area (Å²) >= 11 is 0. The SMILES string of the molecule is CCCCCCCCCCCCCCC1OC(C)(C)O[C@H]1[C@H](CO[C@H]1OC(COC(C)=O)[C@H](C)[C@H](C)C1C)N=[N+]=[N-]. The Morgan fingerprint density at radius 2 is 1.46 bits per heavy atom. The number of azide groups is 1. The van der Waals surface area contributed by atoms with Gasteiger partial charge in [-0.15, -0.1) is 0 Å². The second kappa shape index (κ2) is 19.0. The average molecular weight is 582 g/mol. The van der Waals surface area contributed by atoms with Crippen LogP contribution in [-0.2, 0) is 28.5 Å². The first kappa shape index (κ1) is 35.8. The Bertz CT molecular complexity index is 789. The Hall–Kier alpha value is -1.38. The maximum Gasteiger partial charge on any atom is 0.302 e. The molecule has 0 amide bonds. The minimum Gasteiger partial charge on any atom is -0.463 e. The van der Waals surface area contributed by atoms with Gasteiger partial charge in [-0.3, -0.25) is 4.79 Å². The fourth-order valence-electron chi connectivity index (χ4n) is 6.12. The quantitative estimate of drug-likeness (QED) is 0.0468. The number of unbranched alkanes of at least 4 members (excludes halogenated alkanes) is 11. The lowest BCUT2D eigenvalue weighted by Gasteiger charge is -2.43. The van der Waals surface area contributed by atoms with Crippen LogP contribution in [0.5, 0.6) is 0 Å². The van der Waals surface area contributed by atoms with E-state index in [4.69, 9.17) is 23.7 Å². The van der Waals surface area contributed by atoms with Crippen LogP contribution in [-0.4, -0.2) is 55.6 Å². The van der Waals surface area contributed by atoms with Crippen LogP contribution in [0.3, 0.4) is 0 Å². The lowest BCUT2D eigenvalue weighted by molar-refractivity contribution is -0.258. The van der Waals surface area contributed by atoms with Crippen LogP contribution in [0.1, 0.15) is 132 Å². The first-order valence-electron chi connectivity index (χ1n) is 16.4. The smallest absolute Gasteiger partial charge is 0.302 e. The molecule has 2 aliphatic heterocycles. The van der Waals surface area contributed by atoms with Gasteiger partial charge in [0, 0.05) is 17.8 Å². The Kier molecular flexibility index (Phi) is 16.6. The molecular weight excluding hydrogens is 522 g/mol. The Labute approximate surface area is 249 Å². The van der Waals surface area contributed by atoms with Gasteiger partial charge in [-0.1, -0.05) is 110 Å². The van der Waals surface area contributed by atoms with Gasteiger partial charge in [0.15, 0.2) is 12.1 Å². The van der Waals surface area contributed by atoms with Gasteiger partial charge in [0.1, 0.15) is 6.61 Å². The van der Waals surface area contributed by atoms with Crippen LogP contribution < -0.4 is 0 Å². The van der Waals surface area contributed by atoms with E-state index in [2.05, 4.69) is 37.7 Å². The van der Waals surface area contributed by atoms with Gasteiger partial charge in [-0.2, -0.15) is 0 Å². The van der Waals surface area contributed by atoms with Gasteiger partial charge >= 0.3 is 5.97 Å². The van der Waals surface area contributed by atoms with Crippen LogP contribution in [0.15, 0.2) is 5.11 Å². The maximum absolute atomic E-state index is 11.4. The third-order valence-corrected chi connectivity index (χ3v) is 9.01. The molecule has 2 rings (SSSR count). The summed E-state index contributed by atoms with van der Waals surface area (Å²) in [6.07, 6.45) is 15.2. The first-order valence-corrected chi connectivity index (χ1v) is 16.4. The monoisotopic (exact) mass is 581 g/mol. The Balaban J connectivity index is 1.82. The molecule has 41 heavy (non-hydrogen) atoms. The van der Waals surface area contributed by atoms with Crippen molar-refractivity contribution >= 4 is 5.97 Å². The average Bonchev–Trinajstić information content (AvgIpc) is 3.24. The molecule has 0 N–H and O–H groups in total. The summed E-state index contributed by atoms with van der Waals surface area (Å²) in [5, 5.41) is 4.08. The zero-order chi connectivity index (χ0) is 30.3. The minimum atomic E-state index is -0.747. The highest BCUT2D eigenvalue weighted by Crippen LogP contribution is 2.37. The molecule has 0 aromatic carbocycles. The van der Waals surface area contributed by atoms with Crippen molar-refractivity contribution in [2.75, 3.05) is 13.2 Å². The molecule has 2 fully saturated rings. The lowest BCUT2D eigenvalue weighted by Crippen LogP contribution is -2.49. The summed E-state index contributed by atoms with van der Waals surface area (Å²) in [5.41, 5.74) is 9.36. The zero-order valence-electron chi connectivity index (χ0n) is 27.0. The molecule has 2 saturated heterocycles. The molecule has 238 valence electrons. The number of hydrogen-bond acceptors (Lipinski definition) is 7. The third-order valence-electron chi connectivity index (χ3n) is 9.01. The Morgan fingerprint density at radius 3 is 2.02 bits per heavy atom. The van der Waals surface area contributed by atoms with E-state index in [0.29, 0.717) is 5.92 Å². The number of ether oxygens (including phenoxy) is 5. The van der Waals surface area contributed by atoms with E-state index < -0.39 is 18.1 Å². The number of hydrogen-bond donors (Lipinski definition) is 0. The highest BCUT2D eigenvalue weighted by molar-refractivity contribution is 5.65. The number of carbonyl (C=O) groups is 1. The Morgan fingerprint density at radius 1 is 0.878 bits per heavy atom. The summed E-state index contributed by atoms with van der Waals surface area (Å²) in [6.45, 7) is 14.2. The minimum absolute atomic E-state index is 0.124. The van der Waals surface area contributed by atoms with Gasteiger partial charge in [-0.05, 0) is 37.6 Å². The van der Waals surface area contributed by atoms with Crippen LogP contribution in [0.25, 0.3) is 10.4 Å². The second-order valence-electron chi connectivity index (χ2n) is 12.8. The van der Waals surface area contributed by atoms with Crippen molar-refractivity contribution in [1.82, 2.24) is 0 Å². The number of nitrogens with zero attached hydrogens (tertiary/aromatic N) is 3. The van der Waals surface area contributed by atoms with Crippen LogP contribution in [0, 0.1) is 17.8 Å². The molecule has 9 nitrogen and oxygen atoms in total. The van der Waals surface area contributed by atoms with E-state index in [1.165, 1.54) is 77.6 Å². The summed E-state index contributed by atoms with van der Waals surface area (Å²) in [5.74, 6) is -0.434. The van der Waals surface area contributed by atoms with E-state index in [0.717, 1.165) is 12.8 Å². The lowest BCUT2D eigenvalue weighted by atomic mass is 9.79. The fraction of sp³-hybridized carbons (Fsp3) is 0.969. The van der Waals surface area contributed by atoms with E-state index in [-0.39, 0.29) is 49.3 Å². The predicted molar refractivity (Wildman–Crippen MR) is 161 cm³/mol. The maximum atomic E-state index is 11.4. The van der Waals surface area contributed by atoms with Crippen molar-refractivity contribution in [3.8, 4) is 0 Å². The molecule has 0 aromatic heterocycles. The van der Waals surface area contributed by atoms with E-state index >= 15 is 0 Å². The topological polar surface area (TPSA) is 112 Å². The van der Waals surface area contributed by atoms with Crippen molar-refractivity contribution in [3.63, 3.8) is 0 Å². The molecule has 2 aliphatic rings. The molecule has 0 bridgehead atoms. The van der Waals surface area contributed by atoms with Gasteiger partial charge in [0.05, 0.1) is 31.0 Å². The molecule has 3 unspecified atom stereocenters. The van der Waals surface area contributed by atoms with Gasteiger partial charge < -0.3 is 23.7 Å². The van der Waals surface area contributed by atoms with Gasteiger partial charge in [0.25, 0.3) is 0 Å². The second-order valence-corrected chi connectivity index (χ2v) is 12.8. The number of rotatable bonds is 20. The number of carbonyl (C=O) groups excluding carboxylic acids is 1. The first-order chi connectivity index (χ1) is 19.6. The van der Waals surface area contributed by atoms with Crippen molar-refractivity contribution in [2.45, 2.75) is 168 Å². The summed E-state index contributed by atoms with van der Waals surface area (Å²) < 4.78 is 30.2. The van der Waals surface area contributed by atoms with Crippen molar-refractivity contribution in [3.05, 3.63) is 10.4 Å². The molecule has 0 aromatic rings. The summed E-state index contributed by atoms with van der Waals surface area (Å²) in [7, 11) is 0. The van der Waals surface area contributed by atoms with Crippen LogP contribution >= 0.6 is 0 Å². The summed E-state index contributed by atoms with van der Waals surface area (Å²) in [4.78, 5) is 14.5. The fourth-order valence-corrected chi connectivity index (χ4v) is 6.12. The molecule has 9 heteroatoms. The molecule has 0 saturated carbocycles. The number of esters is 1. The van der Waals surface area contributed by atoms with Gasteiger partial charge in [0.2, 0.25) is 0 Å². The molecule has 0 spiro atoms. The molecule has 2 heterocycles. The standard InChI is InChI=1S/C32H59N3O6/c1-8-9-10-11-12-13-14-15-16-17-18-19-20-28-30(41-32(6,7)40-28)27(34-35-33)21-38-31-25(4)23(2)24(3)29(39-31)22-37-26(5)36/h23-25,27-31H,8-22H2,1-7H3/t23-,24+,25?,27-,28?,29?,30-,31-/m0/s1.